The predicted octanol–water partition coefficient (Wildman–Crippen LogP) is 5.04. The van der Waals surface area contributed by atoms with Crippen LogP contribution >= 0.6 is 23.5 Å². The van der Waals surface area contributed by atoms with Gasteiger partial charge in [0.1, 0.15) is 5.69 Å². The maximum Gasteiger partial charge on any atom is 0.277 e. The molecule has 1 aliphatic heterocycles. The number of fused-ring (bicyclic) bond motifs is 1. The molecule has 1 atom stereocenters. The SMILES string of the molecule is O=C(CSc1nnc(-c2ccc[nH]2)o1)N1c2ccccc2SCC1c1ccccc1. The van der Waals surface area contributed by atoms with Crippen LogP contribution in [0.25, 0.3) is 11.6 Å². The van der Waals surface area contributed by atoms with Gasteiger partial charge in [0.2, 0.25) is 5.91 Å². The van der Waals surface area contributed by atoms with E-state index in [-0.39, 0.29) is 17.7 Å². The second-order valence-corrected chi connectivity index (χ2v) is 8.70. The van der Waals surface area contributed by atoms with Crippen molar-refractivity contribution in [2.45, 2.75) is 16.2 Å². The molecule has 5 rings (SSSR count). The molecule has 0 saturated carbocycles. The van der Waals surface area contributed by atoms with Gasteiger partial charge in [0, 0.05) is 16.8 Å². The highest BCUT2D eigenvalue weighted by atomic mass is 32.2. The van der Waals surface area contributed by atoms with E-state index in [1.54, 1.807) is 18.0 Å². The summed E-state index contributed by atoms with van der Waals surface area (Å²) < 4.78 is 5.68. The Bertz CT molecular complexity index is 1140. The van der Waals surface area contributed by atoms with Crippen LogP contribution in [0.5, 0.6) is 0 Å². The third kappa shape index (κ3) is 3.76. The average molecular weight is 435 g/mol. The molecule has 1 aliphatic rings. The number of rotatable bonds is 5. The number of nitrogens with zero attached hydrogens (tertiary/aromatic N) is 3. The van der Waals surface area contributed by atoms with Crippen molar-refractivity contribution in [2.75, 3.05) is 16.4 Å². The number of hydrogen-bond acceptors (Lipinski definition) is 6. The van der Waals surface area contributed by atoms with Crippen molar-refractivity contribution in [3.05, 3.63) is 78.5 Å². The van der Waals surface area contributed by atoms with E-state index in [1.165, 1.54) is 11.8 Å². The number of aromatic amines is 1. The van der Waals surface area contributed by atoms with Crippen LogP contribution in [0.1, 0.15) is 11.6 Å². The van der Waals surface area contributed by atoms with Crippen molar-refractivity contribution in [1.29, 1.82) is 0 Å². The van der Waals surface area contributed by atoms with E-state index < -0.39 is 0 Å². The molecule has 1 amide bonds. The van der Waals surface area contributed by atoms with Crippen LogP contribution < -0.4 is 4.90 Å². The molecule has 0 saturated heterocycles. The van der Waals surface area contributed by atoms with Crippen LogP contribution in [0.3, 0.4) is 0 Å². The summed E-state index contributed by atoms with van der Waals surface area (Å²) in [5, 5.41) is 8.49. The van der Waals surface area contributed by atoms with E-state index >= 15 is 0 Å². The van der Waals surface area contributed by atoms with E-state index in [0.717, 1.165) is 27.6 Å². The molecule has 6 nitrogen and oxygen atoms in total. The number of thioether (sulfide) groups is 2. The van der Waals surface area contributed by atoms with Crippen LogP contribution in [0.4, 0.5) is 5.69 Å². The quantitative estimate of drug-likeness (QED) is 0.444. The topological polar surface area (TPSA) is 75.0 Å². The Morgan fingerprint density at radius 2 is 1.93 bits per heavy atom. The fourth-order valence-corrected chi connectivity index (χ4v) is 5.24. The van der Waals surface area contributed by atoms with Gasteiger partial charge >= 0.3 is 0 Å². The molecule has 0 fully saturated rings. The number of nitrogens with one attached hydrogen (secondary N) is 1. The Kier molecular flexibility index (Phi) is 5.33. The second kappa shape index (κ2) is 8.41. The van der Waals surface area contributed by atoms with Crippen molar-refractivity contribution in [3.8, 4) is 11.6 Å². The van der Waals surface area contributed by atoms with Crippen LogP contribution in [-0.2, 0) is 4.79 Å². The maximum atomic E-state index is 13.4. The number of H-pyrrole nitrogens is 1. The van der Waals surface area contributed by atoms with E-state index in [2.05, 4.69) is 33.4 Å². The number of para-hydroxylation sites is 1. The third-order valence-corrected chi connectivity index (χ3v) is 6.78. The molecular formula is C22H18N4O2S2. The maximum absolute atomic E-state index is 13.4. The molecule has 3 heterocycles. The van der Waals surface area contributed by atoms with Crippen molar-refractivity contribution in [3.63, 3.8) is 0 Å². The molecular weight excluding hydrogens is 416 g/mol. The molecule has 0 aliphatic carbocycles. The zero-order valence-corrected chi connectivity index (χ0v) is 17.5. The van der Waals surface area contributed by atoms with Crippen molar-refractivity contribution >= 4 is 35.1 Å². The minimum atomic E-state index is -0.0173. The van der Waals surface area contributed by atoms with Crippen molar-refractivity contribution in [1.82, 2.24) is 15.2 Å². The smallest absolute Gasteiger partial charge is 0.277 e. The Hall–Kier alpha value is -2.97. The molecule has 4 aromatic rings. The standard InChI is InChI=1S/C22H18N4O2S2/c27-20(14-30-22-25-24-21(28-22)16-9-6-12-23-16)26-17-10-4-5-11-19(17)29-13-18(26)15-7-2-1-3-8-15/h1-12,18,23H,13-14H2. The summed E-state index contributed by atoms with van der Waals surface area (Å²) >= 11 is 3.04. The number of carbonyl (C=O) groups excluding carboxylic acids is 1. The molecule has 1 unspecified atom stereocenters. The largest absolute Gasteiger partial charge is 0.410 e. The fraction of sp³-hybridized carbons (Fsp3) is 0.136. The summed E-state index contributed by atoms with van der Waals surface area (Å²) in [5.41, 5.74) is 2.84. The lowest BCUT2D eigenvalue weighted by molar-refractivity contribution is -0.116. The van der Waals surface area contributed by atoms with Gasteiger partial charge in [0.15, 0.2) is 0 Å². The first-order chi connectivity index (χ1) is 14.8. The van der Waals surface area contributed by atoms with Gasteiger partial charge in [-0.1, -0.05) is 54.2 Å². The Morgan fingerprint density at radius 3 is 2.77 bits per heavy atom. The number of carbonyl (C=O) groups is 1. The van der Waals surface area contributed by atoms with E-state index in [0.29, 0.717) is 11.1 Å². The van der Waals surface area contributed by atoms with Gasteiger partial charge in [-0.3, -0.25) is 4.79 Å². The van der Waals surface area contributed by atoms with E-state index in [4.69, 9.17) is 4.42 Å². The number of benzene rings is 2. The summed E-state index contributed by atoms with van der Waals surface area (Å²) in [5.74, 6) is 1.46. The van der Waals surface area contributed by atoms with Gasteiger partial charge in [-0.2, -0.15) is 0 Å². The Labute approximate surface area is 182 Å². The Balaban J connectivity index is 1.38. The van der Waals surface area contributed by atoms with Gasteiger partial charge in [-0.25, -0.2) is 0 Å². The summed E-state index contributed by atoms with van der Waals surface area (Å²) in [6.07, 6.45) is 1.80. The van der Waals surface area contributed by atoms with Crippen LogP contribution in [-0.4, -0.2) is 32.6 Å². The summed E-state index contributed by atoms with van der Waals surface area (Å²) in [6.45, 7) is 0. The lowest BCUT2D eigenvalue weighted by Gasteiger charge is -2.37. The molecule has 8 heteroatoms. The second-order valence-electron chi connectivity index (χ2n) is 6.71. The molecule has 0 spiro atoms. The minimum absolute atomic E-state index is 0.0150. The normalized spacial score (nSPS) is 15.7. The lowest BCUT2D eigenvalue weighted by Crippen LogP contribution is -2.39. The van der Waals surface area contributed by atoms with Crippen LogP contribution in [0, 0.1) is 0 Å². The van der Waals surface area contributed by atoms with Gasteiger partial charge in [-0.05, 0) is 29.8 Å². The zero-order chi connectivity index (χ0) is 20.3. The predicted molar refractivity (Wildman–Crippen MR) is 119 cm³/mol. The van der Waals surface area contributed by atoms with Crippen LogP contribution in [0.15, 0.2) is 87.5 Å². The first-order valence-corrected chi connectivity index (χ1v) is 11.5. The molecule has 0 radical (unpaired) electrons. The number of anilines is 1. The molecule has 150 valence electrons. The van der Waals surface area contributed by atoms with Crippen molar-refractivity contribution < 1.29 is 9.21 Å². The summed E-state index contributed by atoms with van der Waals surface area (Å²) in [7, 11) is 0. The number of hydrogen-bond donors (Lipinski definition) is 1. The van der Waals surface area contributed by atoms with Crippen LogP contribution in [0.2, 0.25) is 0 Å². The van der Waals surface area contributed by atoms with E-state index in [1.807, 2.05) is 53.4 Å². The molecule has 2 aromatic carbocycles. The van der Waals surface area contributed by atoms with Gasteiger partial charge in [0.25, 0.3) is 11.1 Å². The van der Waals surface area contributed by atoms with E-state index in [9.17, 15) is 4.79 Å². The van der Waals surface area contributed by atoms with Gasteiger partial charge < -0.3 is 14.3 Å². The monoisotopic (exact) mass is 434 g/mol. The average Bonchev–Trinajstić information content (AvgIpc) is 3.49. The first-order valence-electron chi connectivity index (χ1n) is 9.48. The van der Waals surface area contributed by atoms with Crippen molar-refractivity contribution in [2.24, 2.45) is 0 Å². The summed E-state index contributed by atoms with van der Waals surface area (Å²) in [6, 6.07) is 21.9. The Morgan fingerprint density at radius 1 is 1.10 bits per heavy atom. The highest BCUT2D eigenvalue weighted by molar-refractivity contribution is 8.00. The first kappa shape index (κ1) is 19.0. The molecule has 30 heavy (non-hydrogen) atoms. The lowest BCUT2D eigenvalue weighted by atomic mass is 10.1. The molecule has 1 N–H and O–H groups in total. The van der Waals surface area contributed by atoms with Gasteiger partial charge in [0.05, 0.1) is 17.5 Å². The summed E-state index contributed by atoms with van der Waals surface area (Å²) in [4.78, 5) is 19.4. The minimum Gasteiger partial charge on any atom is -0.410 e. The highest BCUT2D eigenvalue weighted by Gasteiger charge is 2.32. The molecule has 0 bridgehead atoms. The zero-order valence-electron chi connectivity index (χ0n) is 15.9. The fourth-order valence-electron chi connectivity index (χ4n) is 3.45. The number of amides is 1. The van der Waals surface area contributed by atoms with Gasteiger partial charge in [-0.15, -0.1) is 22.0 Å². The third-order valence-electron chi connectivity index (χ3n) is 4.84. The number of aromatic nitrogens is 3. The highest BCUT2D eigenvalue weighted by Crippen LogP contribution is 2.43. The molecule has 2 aromatic heterocycles.